The Labute approximate surface area is 164 Å². The number of rotatable bonds is 3. The van der Waals surface area contributed by atoms with Crippen LogP contribution in [-0.2, 0) is 0 Å². The predicted octanol–water partition coefficient (Wildman–Crippen LogP) is 2.78. The minimum atomic E-state index is -0.223. The summed E-state index contributed by atoms with van der Waals surface area (Å²) in [6.45, 7) is 1.53. The highest BCUT2D eigenvalue weighted by molar-refractivity contribution is 9.10. The van der Waals surface area contributed by atoms with Crippen molar-refractivity contribution in [3.63, 3.8) is 0 Å². The highest BCUT2D eigenvalue weighted by Crippen LogP contribution is 2.26. The predicted molar refractivity (Wildman–Crippen MR) is 110 cm³/mol. The van der Waals surface area contributed by atoms with Crippen molar-refractivity contribution in [3.05, 3.63) is 51.4 Å². The quantitative estimate of drug-likeness (QED) is 0.582. The zero-order valence-corrected chi connectivity index (χ0v) is 16.2. The van der Waals surface area contributed by atoms with Gasteiger partial charge in [-0.15, -0.1) is 12.4 Å². The second-order valence-electron chi connectivity index (χ2n) is 6.07. The van der Waals surface area contributed by atoms with Crippen LogP contribution in [0.2, 0.25) is 0 Å². The summed E-state index contributed by atoms with van der Waals surface area (Å²) in [4.78, 5) is 26.2. The third-order valence-electron chi connectivity index (χ3n) is 4.20. The monoisotopic (exact) mass is 436 g/mol. The van der Waals surface area contributed by atoms with Crippen LogP contribution in [0.4, 0.5) is 17.5 Å². The topological polar surface area (TPSA) is 99.9 Å². The van der Waals surface area contributed by atoms with Gasteiger partial charge in [0, 0.05) is 35.5 Å². The molecule has 9 heteroatoms. The molecule has 0 bridgehead atoms. The Hall–Kier alpha value is -2.16. The summed E-state index contributed by atoms with van der Waals surface area (Å²) in [6.07, 6.45) is 2.51. The van der Waals surface area contributed by atoms with Crippen molar-refractivity contribution >= 4 is 56.7 Å². The van der Waals surface area contributed by atoms with Gasteiger partial charge in [-0.1, -0.05) is 22.0 Å². The highest BCUT2D eigenvalue weighted by Gasteiger charge is 2.23. The molecule has 1 atom stereocenters. The summed E-state index contributed by atoms with van der Waals surface area (Å²) in [5, 5.41) is 3.68. The van der Waals surface area contributed by atoms with E-state index in [2.05, 4.69) is 41.1 Å². The van der Waals surface area contributed by atoms with Gasteiger partial charge in [0.1, 0.15) is 11.2 Å². The largest absolute Gasteiger partial charge is 0.339 e. The SMILES string of the molecule is Cl.NC1CCN(c2nc(Nc3cccc(Br)c3)c3c(=O)[nH]ccc3n2)C1. The van der Waals surface area contributed by atoms with Gasteiger partial charge in [0.25, 0.3) is 5.56 Å². The number of aromatic nitrogens is 3. The molecule has 0 spiro atoms. The number of benzene rings is 1. The molecule has 26 heavy (non-hydrogen) atoms. The van der Waals surface area contributed by atoms with Crippen molar-refractivity contribution in [1.29, 1.82) is 0 Å². The average molecular weight is 438 g/mol. The van der Waals surface area contributed by atoms with Crippen LogP contribution in [-0.4, -0.2) is 34.1 Å². The molecule has 7 nitrogen and oxygen atoms in total. The van der Waals surface area contributed by atoms with Gasteiger partial charge < -0.3 is 20.9 Å². The van der Waals surface area contributed by atoms with Crippen LogP contribution in [0, 0.1) is 0 Å². The van der Waals surface area contributed by atoms with Gasteiger partial charge in [0.2, 0.25) is 5.95 Å². The Morgan fingerprint density at radius 1 is 1.31 bits per heavy atom. The number of nitrogens with one attached hydrogen (secondary N) is 2. The van der Waals surface area contributed by atoms with Crippen LogP contribution in [0.25, 0.3) is 10.9 Å². The number of nitrogens with zero attached hydrogens (tertiary/aromatic N) is 3. The Balaban J connectivity index is 0.00000196. The first-order valence-electron chi connectivity index (χ1n) is 8.03. The molecule has 2 aromatic heterocycles. The van der Waals surface area contributed by atoms with E-state index in [0.717, 1.165) is 23.1 Å². The van der Waals surface area contributed by atoms with E-state index in [1.165, 1.54) is 0 Å². The van der Waals surface area contributed by atoms with Crippen molar-refractivity contribution in [3.8, 4) is 0 Å². The number of anilines is 3. The molecular formula is C17H18BrClN6O. The number of nitrogens with two attached hydrogens (primary N) is 1. The van der Waals surface area contributed by atoms with E-state index in [1.54, 1.807) is 12.3 Å². The van der Waals surface area contributed by atoms with Crippen molar-refractivity contribution in [1.82, 2.24) is 15.0 Å². The van der Waals surface area contributed by atoms with Crippen LogP contribution >= 0.6 is 28.3 Å². The summed E-state index contributed by atoms with van der Waals surface area (Å²) in [7, 11) is 0. The number of H-pyrrole nitrogens is 1. The van der Waals surface area contributed by atoms with Crippen LogP contribution in [0.1, 0.15) is 6.42 Å². The molecule has 3 aromatic rings. The van der Waals surface area contributed by atoms with Gasteiger partial charge in [0.15, 0.2) is 0 Å². The lowest BCUT2D eigenvalue weighted by molar-refractivity contribution is 0.750. The molecule has 1 aliphatic rings. The fourth-order valence-corrected chi connectivity index (χ4v) is 3.38. The van der Waals surface area contributed by atoms with E-state index in [0.29, 0.717) is 29.2 Å². The van der Waals surface area contributed by atoms with E-state index in [-0.39, 0.29) is 24.0 Å². The molecule has 1 aromatic carbocycles. The molecular weight excluding hydrogens is 420 g/mol. The normalized spacial score (nSPS) is 16.5. The van der Waals surface area contributed by atoms with Crippen molar-refractivity contribution in [2.24, 2.45) is 5.73 Å². The molecule has 0 amide bonds. The van der Waals surface area contributed by atoms with Gasteiger partial charge in [-0.2, -0.15) is 4.98 Å². The second-order valence-corrected chi connectivity index (χ2v) is 6.99. The minimum Gasteiger partial charge on any atom is -0.339 e. The molecule has 1 unspecified atom stereocenters. The van der Waals surface area contributed by atoms with Crippen molar-refractivity contribution in [2.75, 3.05) is 23.3 Å². The Morgan fingerprint density at radius 3 is 2.88 bits per heavy atom. The third-order valence-corrected chi connectivity index (χ3v) is 4.70. The maximum Gasteiger partial charge on any atom is 0.261 e. The Kier molecular flexibility index (Phi) is 5.45. The van der Waals surface area contributed by atoms with E-state index in [9.17, 15) is 4.79 Å². The zero-order valence-electron chi connectivity index (χ0n) is 13.8. The van der Waals surface area contributed by atoms with Crippen LogP contribution < -0.4 is 21.5 Å². The van der Waals surface area contributed by atoms with Gasteiger partial charge in [-0.05, 0) is 30.7 Å². The molecule has 1 fully saturated rings. The molecule has 0 aliphatic carbocycles. The van der Waals surface area contributed by atoms with E-state index < -0.39 is 0 Å². The lowest BCUT2D eigenvalue weighted by Crippen LogP contribution is -2.28. The van der Waals surface area contributed by atoms with Gasteiger partial charge >= 0.3 is 0 Å². The maximum atomic E-state index is 12.3. The van der Waals surface area contributed by atoms with Crippen molar-refractivity contribution in [2.45, 2.75) is 12.5 Å². The van der Waals surface area contributed by atoms with Crippen LogP contribution in [0.5, 0.6) is 0 Å². The number of aromatic amines is 1. The number of halogens is 2. The molecule has 4 N–H and O–H groups in total. The fraction of sp³-hybridized carbons (Fsp3) is 0.235. The highest BCUT2D eigenvalue weighted by atomic mass is 79.9. The van der Waals surface area contributed by atoms with Gasteiger partial charge in [-0.25, -0.2) is 4.98 Å². The first-order valence-corrected chi connectivity index (χ1v) is 8.82. The molecule has 1 saturated heterocycles. The van der Waals surface area contributed by atoms with Crippen LogP contribution in [0.15, 0.2) is 45.8 Å². The summed E-state index contributed by atoms with van der Waals surface area (Å²) in [5.74, 6) is 1.07. The Morgan fingerprint density at radius 2 is 2.15 bits per heavy atom. The zero-order chi connectivity index (χ0) is 17.4. The van der Waals surface area contributed by atoms with E-state index in [4.69, 9.17) is 5.73 Å². The standard InChI is InChI=1S/C17H17BrN6O.ClH/c18-10-2-1-3-12(8-10)21-15-14-13(4-6-20-16(14)25)22-17(23-15)24-7-5-11(19)9-24;/h1-4,6,8,11H,5,7,9,19H2,(H,20,25)(H,21,22,23);1H. The minimum absolute atomic E-state index is 0. The molecule has 0 saturated carbocycles. The smallest absolute Gasteiger partial charge is 0.261 e. The second kappa shape index (κ2) is 7.61. The molecule has 3 heterocycles. The molecule has 1 aliphatic heterocycles. The molecule has 136 valence electrons. The molecule has 4 rings (SSSR count). The number of hydrogen-bond donors (Lipinski definition) is 3. The Bertz CT molecular complexity index is 994. The van der Waals surface area contributed by atoms with Gasteiger partial charge in [-0.3, -0.25) is 4.79 Å². The number of pyridine rings is 1. The van der Waals surface area contributed by atoms with E-state index in [1.807, 2.05) is 24.3 Å². The summed E-state index contributed by atoms with van der Waals surface area (Å²) >= 11 is 3.45. The molecule has 0 radical (unpaired) electrons. The lowest BCUT2D eigenvalue weighted by Gasteiger charge is -2.18. The van der Waals surface area contributed by atoms with E-state index >= 15 is 0 Å². The number of hydrogen-bond acceptors (Lipinski definition) is 6. The third kappa shape index (κ3) is 3.67. The summed E-state index contributed by atoms with van der Waals surface area (Å²) in [5.41, 5.74) is 7.22. The maximum absolute atomic E-state index is 12.3. The summed E-state index contributed by atoms with van der Waals surface area (Å²) in [6, 6.07) is 9.61. The average Bonchev–Trinajstić information content (AvgIpc) is 3.01. The fourth-order valence-electron chi connectivity index (χ4n) is 2.98. The van der Waals surface area contributed by atoms with Crippen LogP contribution in [0.3, 0.4) is 0 Å². The van der Waals surface area contributed by atoms with Crippen molar-refractivity contribution < 1.29 is 0 Å². The lowest BCUT2D eigenvalue weighted by atomic mass is 10.2. The first-order chi connectivity index (χ1) is 12.1. The number of fused-ring (bicyclic) bond motifs is 1. The first kappa shape index (κ1) is 18.6. The van der Waals surface area contributed by atoms with Gasteiger partial charge in [0.05, 0.1) is 5.52 Å². The summed E-state index contributed by atoms with van der Waals surface area (Å²) < 4.78 is 0.940.